The minimum atomic E-state index is -0.196. The van der Waals surface area contributed by atoms with Gasteiger partial charge in [0.2, 0.25) is 5.95 Å². The Morgan fingerprint density at radius 1 is 0.943 bits per heavy atom. The van der Waals surface area contributed by atoms with Crippen molar-refractivity contribution in [3.63, 3.8) is 0 Å². The van der Waals surface area contributed by atoms with E-state index < -0.39 is 0 Å². The largest absolute Gasteiger partial charge is 0.496 e. The Balaban J connectivity index is 1.54. The van der Waals surface area contributed by atoms with Crippen molar-refractivity contribution < 1.29 is 9.15 Å². The molecule has 0 bridgehead atoms. The summed E-state index contributed by atoms with van der Waals surface area (Å²) in [6, 6.07) is 27.2. The Morgan fingerprint density at radius 2 is 1.77 bits per heavy atom. The number of halogens is 1. The third-order valence-corrected chi connectivity index (χ3v) is 6.33. The molecule has 172 valence electrons. The molecule has 0 saturated heterocycles. The molecule has 5 aromatic rings. The van der Waals surface area contributed by atoms with Gasteiger partial charge in [-0.05, 0) is 42.5 Å². The van der Waals surface area contributed by atoms with Crippen molar-refractivity contribution in [2.45, 2.75) is 12.5 Å². The van der Waals surface area contributed by atoms with Gasteiger partial charge in [-0.1, -0.05) is 54.1 Å². The quantitative estimate of drug-likeness (QED) is 0.273. The number of hydrogen-bond acceptors (Lipinski definition) is 6. The van der Waals surface area contributed by atoms with Crippen LogP contribution in [0.1, 0.15) is 23.8 Å². The summed E-state index contributed by atoms with van der Waals surface area (Å²) in [5.74, 6) is 2.05. The van der Waals surface area contributed by atoms with Crippen LogP contribution in [0.25, 0.3) is 22.2 Å². The molecule has 0 unspecified atom stereocenters. The van der Waals surface area contributed by atoms with E-state index in [9.17, 15) is 0 Å². The molecule has 6 rings (SSSR count). The number of hydrazone groups is 1. The zero-order chi connectivity index (χ0) is 23.8. The van der Waals surface area contributed by atoms with E-state index in [0.717, 1.165) is 44.9 Å². The molecule has 0 radical (unpaired) electrons. The highest BCUT2D eigenvalue weighted by atomic mass is 35.5. The van der Waals surface area contributed by atoms with Crippen LogP contribution in [0.5, 0.6) is 5.75 Å². The molecule has 0 N–H and O–H groups in total. The molecule has 0 saturated carbocycles. The second-order valence-corrected chi connectivity index (χ2v) is 8.66. The molecule has 1 aliphatic heterocycles. The third-order valence-electron chi connectivity index (χ3n) is 6.10. The van der Waals surface area contributed by atoms with E-state index in [-0.39, 0.29) is 6.04 Å². The summed E-state index contributed by atoms with van der Waals surface area (Å²) < 4.78 is 11.4. The van der Waals surface area contributed by atoms with Crippen LogP contribution in [-0.2, 0) is 0 Å². The molecule has 7 heteroatoms. The maximum atomic E-state index is 6.34. The first-order chi connectivity index (χ1) is 17.2. The highest BCUT2D eigenvalue weighted by Gasteiger charge is 2.35. The summed E-state index contributed by atoms with van der Waals surface area (Å²) in [5, 5.41) is 8.36. The fourth-order valence-corrected chi connectivity index (χ4v) is 4.62. The van der Waals surface area contributed by atoms with Crippen LogP contribution in [0.4, 0.5) is 5.95 Å². The van der Waals surface area contributed by atoms with Gasteiger partial charge in [-0.2, -0.15) is 5.10 Å². The first-order valence-electron chi connectivity index (χ1n) is 11.3. The lowest BCUT2D eigenvalue weighted by atomic mass is 10.0. The van der Waals surface area contributed by atoms with Crippen molar-refractivity contribution >= 4 is 34.2 Å². The number of fused-ring (bicyclic) bond motifs is 1. The average molecular weight is 481 g/mol. The predicted octanol–water partition coefficient (Wildman–Crippen LogP) is 6.91. The first kappa shape index (κ1) is 21.4. The number of nitrogens with zero attached hydrogens (tertiary/aromatic N) is 4. The van der Waals surface area contributed by atoms with Crippen molar-refractivity contribution in [2.75, 3.05) is 12.1 Å². The lowest BCUT2D eigenvalue weighted by molar-refractivity contribution is 0.414. The number of benzene rings is 3. The minimum Gasteiger partial charge on any atom is -0.496 e. The van der Waals surface area contributed by atoms with Crippen LogP contribution >= 0.6 is 11.6 Å². The summed E-state index contributed by atoms with van der Waals surface area (Å²) in [6.45, 7) is 0. The van der Waals surface area contributed by atoms with Gasteiger partial charge in [-0.3, -0.25) is 0 Å². The predicted molar refractivity (Wildman–Crippen MR) is 138 cm³/mol. The Kier molecular flexibility index (Phi) is 5.43. The van der Waals surface area contributed by atoms with Gasteiger partial charge in [0.05, 0.1) is 30.3 Å². The van der Waals surface area contributed by atoms with E-state index in [1.54, 1.807) is 13.4 Å². The van der Waals surface area contributed by atoms with Crippen LogP contribution < -0.4 is 9.75 Å². The van der Waals surface area contributed by atoms with Gasteiger partial charge in [-0.25, -0.2) is 15.0 Å². The summed E-state index contributed by atoms with van der Waals surface area (Å²) in [6.07, 6.45) is 2.30. The average Bonchev–Trinajstić information content (AvgIpc) is 3.59. The SMILES string of the molecule is COc1ccccc1C1=NN(c2nc(-c3ccccc3)c3cc(Cl)ccc3n2)[C@@H](c2ccco2)C1. The Hall–Kier alpha value is -4.16. The molecular formula is C28H21ClN4O2. The molecule has 3 aromatic carbocycles. The molecule has 2 aromatic heterocycles. The van der Waals surface area contributed by atoms with Crippen molar-refractivity contribution in [3.05, 3.63) is 108 Å². The number of methoxy groups -OCH3 is 1. The Morgan fingerprint density at radius 3 is 2.57 bits per heavy atom. The Bertz CT molecular complexity index is 1530. The normalized spacial score (nSPS) is 15.4. The second-order valence-electron chi connectivity index (χ2n) is 8.23. The van der Waals surface area contributed by atoms with Gasteiger partial charge >= 0.3 is 0 Å². The van der Waals surface area contributed by atoms with Crippen molar-refractivity contribution in [1.82, 2.24) is 9.97 Å². The van der Waals surface area contributed by atoms with Crippen LogP contribution in [0.2, 0.25) is 5.02 Å². The molecule has 1 aliphatic rings. The number of aromatic nitrogens is 2. The molecule has 6 nitrogen and oxygen atoms in total. The van der Waals surface area contributed by atoms with Gasteiger partial charge in [0.15, 0.2) is 0 Å². The molecule has 0 fully saturated rings. The fourth-order valence-electron chi connectivity index (χ4n) is 4.45. The monoisotopic (exact) mass is 480 g/mol. The molecule has 35 heavy (non-hydrogen) atoms. The maximum absolute atomic E-state index is 6.34. The standard InChI is InChI=1S/C28H21ClN4O2/c1-34-25-11-6-5-10-20(25)23-17-24(26-12-7-15-35-26)33(32-23)28-30-22-14-13-19(29)16-21(22)27(31-28)18-8-3-2-4-9-18/h2-16,24H,17H2,1H3/t24-/m1/s1. The molecule has 0 amide bonds. The molecule has 3 heterocycles. The van der Waals surface area contributed by atoms with E-state index in [4.69, 9.17) is 35.8 Å². The van der Waals surface area contributed by atoms with Gasteiger partial charge < -0.3 is 9.15 Å². The number of rotatable bonds is 5. The number of anilines is 1. The lowest BCUT2D eigenvalue weighted by Gasteiger charge is -2.21. The van der Waals surface area contributed by atoms with Crippen LogP contribution in [0.3, 0.4) is 0 Å². The Labute approximate surface area is 207 Å². The highest BCUT2D eigenvalue weighted by Crippen LogP contribution is 2.39. The molecule has 0 spiro atoms. The summed E-state index contributed by atoms with van der Waals surface area (Å²) in [5.41, 5.74) is 4.38. The van der Waals surface area contributed by atoms with E-state index in [0.29, 0.717) is 17.4 Å². The van der Waals surface area contributed by atoms with Gasteiger partial charge in [0.25, 0.3) is 0 Å². The van der Waals surface area contributed by atoms with Crippen LogP contribution in [0.15, 0.2) is 101 Å². The van der Waals surface area contributed by atoms with Gasteiger partial charge in [-0.15, -0.1) is 0 Å². The summed E-state index contributed by atoms with van der Waals surface area (Å²) in [4.78, 5) is 9.89. The number of hydrogen-bond donors (Lipinski definition) is 0. The van der Waals surface area contributed by atoms with Gasteiger partial charge in [0.1, 0.15) is 17.6 Å². The molecule has 0 aliphatic carbocycles. The lowest BCUT2D eigenvalue weighted by Crippen LogP contribution is -2.20. The van der Waals surface area contributed by atoms with Gasteiger partial charge in [0, 0.05) is 28.0 Å². The number of ether oxygens (including phenoxy) is 1. The minimum absolute atomic E-state index is 0.196. The van der Waals surface area contributed by atoms with E-state index in [1.807, 2.05) is 89.9 Å². The maximum Gasteiger partial charge on any atom is 0.248 e. The van der Waals surface area contributed by atoms with Crippen LogP contribution in [-0.4, -0.2) is 22.8 Å². The van der Waals surface area contributed by atoms with Crippen molar-refractivity contribution in [1.29, 1.82) is 0 Å². The van der Waals surface area contributed by atoms with E-state index >= 15 is 0 Å². The summed E-state index contributed by atoms with van der Waals surface area (Å²) in [7, 11) is 1.67. The van der Waals surface area contributed by atoms with Crippen molar-refractivity contribution in [3.8, 4) is 17.0 Å². The molecular weight excluding hydrogens is 460 g/mol. The fraction of sp³-hybridized carbons (Fsp3) is 0.107. The zero-order valence-electron chi connectivity index (χ0n) is 18.9. The topological polar surface area (TPSA) is 63.8 Å². The van der Waals surface area contributed by atoms with E-state index in [2.05, 4.69) is 0 Å². The zero-order valence-corrected chi connectivity index (χ0v) is 19.7. The highest BCUT2D eigenvalue weighted by molar-refractivity contribution is 6.31. The number of para-hydroxylation sites is 1. The smallest absolute Gasteiger partial charge is 0.248 e. The summed E-state index contributed by atoms with van der Waals surface area (Å²) >= 11 is 6.34. The second kappa shape index (κ2) is 8.89. The first-order valence-corrected chi connectivity index (χ1v) is 11.7. The molecule has 1 atom stereocenters. The number of furan rings is 1. The third kappa shape index (κ3) is 3.92. The van der Waals surface area contributed by atoms with Crippen molar-refractivity contribution in [2.24, 2.45) is 5.10 Å². The van der Waals surface area contributed by atoms with Crippen LogP contribution in [0, 0.1) is 0 Å². The van der Waals surface area contributed by atoms with E-state index in [1.165, 1.54) is 0 Å².